The van der Waals surface area contributed by atoms with Gasteiger partial charge >= 0.3 is 21.7 Å². The van der Waals surface area contributed by atoms with Crippen LogP contribution in [-0.4, -0.2) is 9.52 Å². The van der Waals surface area contributed by atoms with Crippen LogP contribution in [0.1, 0.15) is 48.4 Å². The fraction of sp³-hybridized carbons (Fsp3) is 0.421. The van der Waals surface area contributed by atoms with Crippen molar-refractivity contribution in [1.29, 1.82) is 0 Å². The molecule has 2 aromatic rings. The SMILES string of the molecule is CCCCC[c-]1cccc1[SiH2]c1c(C)cc(C)cc1C.[Cl-].[Cl-].[Cl-].[Ti+4]. The van der Waals surface area contributed by atoms with Crippen molar-refractivity contribution in [3.63, 3.8) is 0 Å². The van der Waals surface area contributed by atoms with Gasteiger partial charge in [-0.1, -0.05) is 66.6 Å². The van der Waals surface area contributed by atoms with Crippen LogP contribution in [-0.2, 0) is 28.1 Å². The van der Waals surface area contributed by atoms with E-state index in [1.807, 2.05) is 0 Å². The minimum absolute atomic E-state index is 0. The van der Waals surface area contributed by atoms with Crippen LogP contribution in [0.2, 0.25) is 0 Å². The molecule has 2 aromatic carbocycles. The maximum atomic E-state index is 2.37. The van der Waals surface area contributed by atoms with Crippen LogP contribution in [0, 0.1) is 20.8 Å². The predicted molar refractivity (Wildman–Crippen MR) is 93.7 cm³/mol. The standard InChI is InChI=1S/C19H27Si.3ClH.Ti/c1-5-6-7-9-17-10-8-11-18(17)20-19-15(3)12-14(2)13-16(19)4;;;;/h8,10-13H,5-7,9,20H2,1-4H3;3*1H;/q-1;;;;+4/p-3. The van der Waals surface area contributed by atoms with Gasteiger partial charge in [-0.25, -0.2) is 12.1 Å². The van der Waals surface area contributed by atoms with E-state index in [1.54, 1.807) is 15.9 Å². The second-order valence-corrected chi connectivity index (χ2v) is 7.91. The first-order valence-electron chi connectivity index (χ1n) is 7.92. The van der Waals surface area contributed by atoms with Crippen molar-refractivity contribution in [1.82, 2.24) is 0 Å². The molecule has 0 bridgehead atoms. The predicted octanol–water partition coefficient (Wildman–Crippen LogP) is -5.81. The molecule has 0 aliphatic heterocycles. The first kappa shape index (κ1) is 29.1. The second-order valence-electron chi connectivity index (χ2n) is 6.09. The molecule has 2 rings (SSSR count). The van der Waals surface area contributed by atoms with Crippen LogP contribution in [0.4, 0.5) is 0 Å². The molecule has 132 valence electrons. The zero-order valence-electron chi connectivity index (χ0n) is 15.1. The van der Waals surface area contributed by atoms with Crippen LogP contribution in [0.3, 0.4) is 0 Å². The molecule has 0 N–H and O–H groups in total. The van der Waals surface area contributed by atoms with Gasteiger partial charge in [0.1, 0.15) is 0 Å². The third-order valence-electron chi connectivity index (χ3n) is 4.26. The molecule has 0 heterocycles. The van der Waals surface area contributed by atoms with Gasteiger partial charge in [-0.2, -0.15) is 16.8 Å². The molecular weight excluding hydrogens is 411 g/mol. The molecule has 0 spiro atoms. The van der Waals surface area contributed by atoms with E-state index < -0.39 is 0 Å². The van der Waals surface area contributed by atoms with Crippen molar-refractivity contribution in [3.05, 3.63) is 52.6 Å². The van der Waals surface area contributed by atoms with Crippen molar-refractivity contribution in [3.8, 4) is 0 Å². The summed E-state index contributed by atoms with van der Waals surface area (Å²) in [6.45, 7) is 9.04. The molecular formula is C19H27Cl3SiTi. The number of rotatable bonds is 6. The summed E-state index contributed by atoms with van der Waals surface area (Å²) in [4.78, 5) is 0. The molecule has 5 heteroatoms. The number of unbranched alkanes of at least 4 members (excludes halogenated alkanes) is 2. The summed E-state index contributed by atoms with van der Waals surface area (Å²) in [6.07, 6.45) is 5.28. The third-order valence-corrected chi connectivity index (χ3v) is 6.80. The van der Waals surface area contributed by atoms with Gasteiger partial charge in [0.25, 0.3) is 0 Å². The van der Waals surface area contributed by atoms with Crippen molar-refractivity contribution >= 4 is 19.9 Å². The molecule has 0 saturated heterocycles. The molecule has 0 atom stereocenters. The summed E-state index contributed by atoms with van der Waals surface area (Å²) in [5.74, 6) is 0. The van der Waals surface area contributed by atoms with Crippen molar-refractivity contribution in [2.24, 2.45) is 0 Å². The molecule has 0 unspecified atom stereocenters. The van der Waals surface area contributed by atoms with E-state index in [0.29, 0.717) is 0 Å². The van der Waals surface area contributed by atoms with Gasteiger partial charge in [0.2, 0.25) is 0 Å². The normalized spacial score (nSPS) is 9.67. The van der Waals surface area contributed by atoms with Crippen molar-refractivity contribution < 1.29 is 58.9 Å². The Kier molecular flexibility index (Phi) is 17.6. The molecule has 0 nitrogen and oxygen atoms in total. The average molecular weight is 438 g/mol. The summed E-state index contributed by atoms with van der Waals surface area (Å²) < 4.78 is 0. The Hall–Kier alpha value is 0.371. The Labute approximate surface area is 183 Å². The number of halogens is 3. The molecule has 0 aromatic heterocycles. The molecule has 24 heavy (non-hydrogen) atoms. The number of hydrogen-bond acceptors (Lipinski definition) is 0. The minimum atomic E-state index is -0.329. The fourth-order valence-corrected chi connectivity index (χ4v) is 5.07. The molecule has 0 fully saturated rings. The number of aryl methyl sites for hydroxylation is 4. The van der Waals surface area contributed by atoms with Gasteiger partial charge in [0, 0.05) is 0 Å². The molecule has 0 aliphatic carbocycles. The molecule has 0 radical (unpaired) electrons. The largest absolute Gasteiger partial charge is 4.00 e. The van der Waals surface area contributed by atoms with Crippen molar-refractivity contribution in [2.45, 2.75) is 53.4 Å². The zero-order valence-corrected chi connectivity index (χ0v) is 20.3. The maximum absolute atomic E-state index is 2.37. The molecule has 0 saturated carbocycles. The summed E-state index contributed by atoms with van der Waals surface area (Å²) in [5, 5.41) is 3.31. The Bertz CT molecular complexity index is 559. The minimum Gasteiger partial charge on any atom is -1.00 e. The summed E-state index contributed by atoms with van der Waals surface area (Å²) in [6, 6.07) is 11.6. The van der Waals surface area contributed by atoms with Crippen LogP contribution < -0.4 is 47.6 Å². The van der Waals surface area contributed by atoms with Crippen molar-refractivity contribution in [2.75, 3.05) is 0 Å². The number of hydrogen-bond donors (Lipinski definition) is 0. The van der Waals surface area contributed by atoms with E-state index in [9.17, 15) is 0 Å². The number of benzene rings is 1. The van der Waals surface area contributed by atoms with E-state index in [4.69, 9.17) is 0 Å². The van der Waals surface area contributed by atoms with E-state index in [0.717, 1.165) is 0 Å². The van der Waals surface area contributed by atoms with Crippen LogP contribution in [0.25, 0.3) is 0 Å². The quantitative estimate of drug-likeness (QED) is 0.240. The summed E-state index contributed by atoms with van der Waals surface area (Å²) >= 11 is 0. The van der Waals surface area contributed by atoms with Gasteiger partial charge in [0.05, 0.1) is 9.52 Å². The Balaban J connectivity index is -0.00000110. The Morgan fingerprint density at radius 3 is 2.08 bits per heavy atom. The summed E-state index contributed by atoms with van der Waals surface area (Å²) in [5.41, 5.74) is 6.00. The first-order chi connectivity index (χ1) is 9.61. The average Bonchev–Trinajstić information content (AvgIpc) is 2.81. The zero-order chi connectivity index (χ0) is 14.5. The fourth-order valence-electron chi connectivity index (χ4n) is 3.16. The van der Waals surface area contributed by atoms with Gasteiger partial charge in [-0.05, 0) is 20.8 Å². The monoisotopic (exact) mass is 436 g/mol. The van der Waals surface area contributed by atoms with E-state index >= 15 is 0 Å². The van der Waals surface area contributed by atoms with Gasteiger partial charge in [-0.3, -0.25) is 0 Å². The Morgan fingerprint density at radius 1 is 0.958 bits per heavy atom. The van der Waals surface area contributed by atoms with Gasteiger partial charge in [0.15, 0.2) is 0 Å². The molecule has 0 amide bonds. The first-order valence-corrected chi connectivity index (χ1v) is 9.33. The maximum Gasteiger partial charge on any atom is 4.00 e. The van der Waals surface area contributed by atoms with Crippen LogP contribution in [0.5, 0.6) is 0 Å². The smallest absolute Gasteiger partial charge is 1.00 e. The molecule has 0 aliphatic rings. The van der Waals surface area contributed by atoms with Gasteiger partial charge in [-0.15, -0.1) is 0 Å². The van der Waals surface area contributed by atoms with E-state index in [2.05, 4.69) is 58.0 Å². The Morgan fingerprint density at radius 2 is 1.54 bits per heavy atom. The third kappa shape index (κ3) is 8.17. The van der Waals surface area contributed by atoms with Crippen LogP contribution >= 0.6 is 0 Å². The van der Waals surface area contributed by atoms with Gasteiger partial charge < -0.3 is 37.2 Å². The summed E-state index contributed by atoms with van der Waals surface area (Å²) in [7, 11) is -0.329. The topological polar surface area (TPSA) is 0 Å². The van der Waals surface area contributed by atoms with E-state index in [-0.39, 0.29) is 68.5 Å². The second kappa shape index (κ2) is 14.5. The van der Waals surface area contributed by atoms with E-state index in [1.165, 1.54) is 42.4 Å². The van der Waals surface area contributed by atoms with Crippen LogP contribution in [0.15, 0.2) is 30.3 Å².